The molecular formula is C21H27NO4S. The molecule has 1 aliphatic carbocycles. The second-order valence-electron chi connectivity index (χ2n) is 7.85. The van der Waals surface area contributed by atoms with Gasteiger partial charge < -0.3 is 14.5 Å². The van der Waals surface area contributed by atoms with Crippen LogP contribution in [-0.2, 0) is 17.6 Å². The molecule has 0 saturated heterocycles. The van der Waals surface area contributed by atoms with Crippen LogP contribution in [0.1, 0.15) is 70.7 Å². The molecule has 2 heterocycles. The number of esters is 1. The quantitative estimate of drug-likeness (QED) is 0.711. The van der Waals surface area contributed by atoms with Gasteiger partial charge in [0.1, 0.15) is 10.8 Å². The molecule has 27 heavy (non-hydrogen) atoms. The summed E-state index contributed by atoms with van der Waals surface area (Å²) in [5, 5.41) is 3.42. The van der Waals surface area contributed by atoms with Crippen molar-refractivity contribution in [2.45, 2.75) is 53.4 Å². The summed E-state index contributed by atoms with van der Waals surface area (Å²) in [5.74, 6) is 0.725. The Morgan fingerprint density at radius 2 is 2.11 bits per heavy atom. The van der Waals surface area contributed by atoms with Crippen molar-refractivity contribution < 1.29 is 18.7 Å². The lowest BCUT2D eigenvalue weighted by Gasteiger charge is -2.36. The highest BCUT2D eigenvalue weighted by molar-refractivity contribution is 7.17. The van der Waals surface area contributed by atoms with Gasteiger partial charge >= 0.3 is 5.97 Å². The van der Waals surface area contributed by atoms with E-state index in [-0.39, 0.29) is 17.1 Å². The maximum Gasteiger partial charge on any atom is 0.341 e. The summed E-state index contributed by atoms with van der Waals surface area (Å²) in [5.41, 5.74) is 1.78. The average molecular weight is 390 g/mol. The third kappa shape index (κ3) is 3.81. The van der Waals surface area contributed by atoms with E-state index in [0.29, 0.717) is 22.2 Å². The zero-order chi connectivity index (χ0) is 19.8. The molecule has 0 aromatic carbocycles. The fourth-order valence-corrected chi connectivity index (χ4v) is 4.98. The molecule has 1 atom stereocenters. The molecule has 0 bridgehead atoms. The van der Waals surface area contributed by atoms with Crippen molar-refractivity contribution in [2.24, 2.45) is 11.3 Å². The second-order valence-corrected chi connectivity index (χ2v) is 8.95. The van der Waals surface area contributed by atoms with Gasteiger partial charge in [-0.05, 0) is 55.2 Å². The van der Waals surface area contributed by atoms with Crippen molar-refractivity contribution >= 4 is 28.2 Å². The maximum atomic E-state index is 12.5. The summed E-state index contributed by atoms with van der Waals surface area (Å²) < 4.78 is 10.4. The largest absolute Gasteiger partial charge is 0.465 e. The van der Waals surface area contributed by atoms with E-state index in [1.807, 2.05) is 0 Å². The van der Waals surface area contributed by atoms with Crippen LogP contribution in [0.5, 0.6) is 0 Å². The normalized spacial score (nSPS) is 16.7. The number of amides is 1. The summed E-state index contributed by atoms with van der Waals surface area (Å²) >= 11 is 1.49. The van der Waals surface area contributed by atoms with E-state index in [9.17, 15) is 9.59 Å². The van der Waals surface area contributed by atoms with E-state index in [0.717, 1.165) is 31.2 Å². The molecule has 0 fully saturated rings. The Labute approximate surface area is 164 Å². The zero-order valence-corrected chi connectivity index (χ0v) is 17.4. The number of furan rings is 1. The Kier molecular flexibility index (Phi) is 5.47. The average Bonchev–Trinajstić information content (AvgIpc) is 3.23. The highest BCUT2D eigenvalue weighted by Gasteiger charge is 2.35. The molecule has 5 nitrogen and oxygen atoms in total. The molecular weight excluding hydrogens is 362 g/mol. The van der Waals surface area contributed by atoms with Crippen molar-refractivity contribution in [1.29, 1.82) is 0 Å². The number of fused-ring (bicyclic) bond motifs is 1. The number of carbonyl (C=O) groups is 2. The Hall–Kier alpha value is -2.08. The number of hydrogen-bond acceptors (Lipinski definition) is 5. The monoisotopic (exact) mass is 389 g/mol. The molecule has 2 aromatic heterocycles. The van der Waals surface area contributed by atoms with E-state index in [1.54, 1.807) is 19.1 Å². The van der Waals surface area contributed by atoms with E-state index in [2.05, 4.69) is 26.1 Å². The van der Waals surface area contributed by atoms with Crippen molar-refractivity contribution in [2.75, 3.05) is 12.4 Å². The predicted molar refractivity (Wildman–Crippen MR) is 107 cm³/mol. The third-order valence-electron chi connectivity index (χ3n) is 5.86. The zero-order valence-electron chi connectivity index (χ0n) is 16.6. The molecule has 0 spiro atoms. The summed E-state index contributed by atoms with van der Waals surface area (Å²) in [4.78, 5) is 26.1. The molecule has 0 radical (unpaired) electrons. The van der Waals surface area contributed by atoms with Gasteiger partial charge in [-0.3, -0.25) is 4.79 Å². The Bertz CT molecular complexity index is 862. The van der Waals surface area contributed by atoms with Gasteiger partial charge in [0.05, 0.1) is 12.7 Å². The minimum atomic E-state index is -0.397. The highest BCUT2D eigenvalue weighted by Crippen LogP contribution is 2.45. The van der Waals surface area contributed by atoms with Crippen LogP contribution in [0.2, 0.25) is 0 Å². The second kappa shape index (κ2) is 7.50. The van der Waals surface area contributed by atoms with Crippen LogP contribution in [0.15, 0.2) is 16.5 Å². The first kappa shape index (κ1) is 19.7. The molecule has 3 rings (SSSR count). The lowest BCUT2D eigenvalue weighted by Crippen LogP contribution is -2.28. The van der Waals surface area contributed by atoms with Crippen molar-refractivity contribution in [1.82, 2.24) is 0 Å². The van der Waals surface area contributed by atoms with E-state index < -0.39 is 5.97 Å². The minimum Gasteiger partial charge on any atom is -0.465 e. The number of hydrogen-bond donors (Lipinski definition) is 1. The van der Waals surface area contributed by atoms with Crippen molar-refractivity contribution in [3.05, 3.63) is 39.7 Å². The summed E-state index contributed by atoms with van der Waals surface area (Å²) in [6, 6.07) is 3.38. The number of methoxy groups -OCH3 is 1. The Morgan fingerprint density at radius 1 is 1.37 bits per heavy atom. The van der Waals surface area contributed by atoms with Crippen LogP contribution in [0.25, 0.3) is 0 Å². The van der Waals surface area contributed by atoms with Crippen LogP contribution in [0.3, 0.4) is 0 Å². The topological polar surface area (TPSA) is 68.5 Å². The molecule has 0 aliphatic heterocycles. The van der Waals surface area contributed by atoms with Crippen LogP contribution in [0, 0.1) is 18.3 Å². The summed E-state index contributed by atoms with van der Waals surface area (Å²) in [6.07, 6.45) is 3.92. The van der Waals surface area contributed by atoms with Crippen LogP contribution >= 0.6 is 11.3 Å². The van der Waals surface area contributed by atoms with Crippen LogP contribution in [0.4, 0.5) is 5.00 Å². The number of aryl methyl sites for hydroxylation is 1. The van der Waals surface area contributed by atoms with Crippen LogP contribution < -0.4 is 5.32 Å². The minimum absolute atomic E-state index is 0.236. The molecule has 1 aliphatic rings. The predicted octanol–water partition coefficient (Wildman–Crippen LogP) is 5.23. The van der Waals surface area contributed by atoms with Crippen molar-refractivity contribution in [3.8, 4) is 0 Å². The van der Waals surface area contributed by atoms with E-state index in [4.69, 9.17) is 9.15 Å². The molecule has 2 aromatic rings. The van der Waals surface area contributed by atoms with Gasteiger partial charge in [0.15, 0.2) is 5.76 Å². The number of nitrogens with one attached hydrogen (secondary N) is 1. The van der Waals surface area contributed by atoms with Gasteiger partial charge in [0, 0.05) is 4.88 Å². The lowest BCUT2D eigenvalue weighted by atomic mass is 9.69. The van der Waals surface area contributed by atoms with E-state index in [1.165, 1.54) is 23.3 Å². The maximum absolute atomic E-state index is 12.5. The third-order valence-corrected chi connectivity index (χ3v) is 7.03. The molecule has 1 unspecified atom stereocenters. The van der Waals surface area contributed by atoms with E-state index >= 15 is 0 Å². The first-order valence-corrected chi connectivity index (χ1v) is 10.2. The lowest BCUT2D eigenvalue weighted by molar-refractivity contribution is 0.0600. The SMILES string of the molecule is CCC(C)(C)C1CCc2c(sc(NC(=O)c3ccc(C)o3)c2C(=O)OC)C1. The molecule has 6 heteroatoms. The van der Waals surface area contributed by atoms with Gasteiger partial charge in [-0.15, -0.1) is 11.3 Å². The fraction of sp³-hybridized carbons (Fsp3) is 0.524. The first-order valence-electron chi connectivity index (χ1n) is 9.37. The Balaban J connectivity index is 1.93. The smallest absolute Gasteiger partial charge is 0.341 e. The highest BCUT2D eigenvalue weighted by atomic mass is 32.1. The number of anilines is 1. The Morgan fingerprint density at radius 3 is 2.70 bits per heavy atom. The molecule has 0 saturated carbocycles. The standard InChI is InChI=1S/C21H27NO4S/c1-6-21(3,4)13-8-9-14-16(11-13)27-19(17(14)20(24)25-5)22-18(23)15-10-7-12(2)26-15/h7,10,13H,6,8-9,11H2,1-5H3,(H,22,23). The molecule has 146 valence electrons. The van der Waals surface area contributed by atoms with Gasteiger partial charge in [0.2, 0.25) is 0 Å². The van der Waals surface area contributed by atoms with Crippen molar-refractivity contribution in [3.63, 3.8) is 0 Å². The summed E-state index contributed by atoms with van der Waals surface area (Å²) in [6.45, 7) is 8.62. The molecule has 1 amide bonds. The van der Waals surface area contributed by atoms with Gasteiger partial charge in [-0.1, -0.05) is 27.2 Å². The van der Waals surface area contributed by atoms with Crippen LogP contribution in [-0.4, -0.2) is 19.0 Å². The fourth-order valence-electron chi connectivity index (χ4n) is 3.67. The van der Waals surface area contributed by atoms with Gasteiger partial charge in [0.25, 0.3) is 5.91 Å². The number of carbonyl (C=O) groups excluding carboxylic acids is 2. The number of thiophene rings is 1. The van der Waals surface area contributed by atoms with Gasteiger partial charge in [-0.25, -0.2) is 4.79 Å². The number of rotatable bonds is 5. The van der Waals surface area contributed by atoms with Gasteiger partial charge in [-0.2, -0.15) is 0 Å². The molecule has 1 N–H and O–H groups in total. The summed E-state index contributed by atoms with van der Waals surface area (Å²) in [7, 11) is 1.37. The first-order chi connectivity index (χ1) is 12.8. The number of ether oxygens (including phenoxy) is 1.